The van der Waals surface area contributed by atoms with Gasteiger partial charge in [-0.2, -0.15) is 13.2 Å². The third kappa shape index (κ3) is 3.77. The Balaban J connectivity index is 1.73. The Kier molecular flexibility index (Phi) is 4.46. The lowest BCUT2D eigenvalue weighted by atomic mass is 10.0. The normalized spacial score (nSPS) is 11.6. The van der Waals surface area contributed by atoms with Gasteiger partial charge in [0.1, 0.15) is 11.5 Å². The van der Waals surface area contributed by atoms with Crippen molar-refractivity contribution in [1.82, 2.24) is 9.97 Å². The highest BCUT2D eigenvalue weighted by Crippen LogP contribution is 2.35. The van der Waals surface area contributed by atoms with Crippen LogP contribution in [-0.2, 0) is 6.18 Å². The molecule has 2 N–H and O–H groups in total. The van der Waals surface area contributed by atoms with Gasteiger partial charge in [0, 0.05) is 5.56 Å². The zero-order valence-electron chi connectivity index (χ0n) is 14.7. The summed E-state index contributed by atoms with van der Waals surface area (Å²) in [6.07, 6.45) is -4.42. The van der Waals surface area contributed by atoms with Crippen molar-refractivity contribution >= 4 is 10.9 Å². The smallest absolute Gasteiger partial charge is 0.416 e. The Bertz CT molecular complexity index is 1310. The van der Waals surface area contributed by atoms with Crippen LogP contribution in [0.25, 0.3) is 22.0 Å². The van der Waals surface area contributed by atoms with E-state index in [0.29, 0.717) is 27.8 Å². The molecular weight excluding hydrogens is 385 g/mol. The van der Waals surface area contributed by atoms with E-state index in [4.69, 9.17) is 4.74 Å². The number of halogens is 3. The van der Waals surface area contributed by atoms with Crippen LogP contribution in [0.5, 0.6) is 11.5 Å². The van der Waals surface area contributed by atoms with E-state index < -0.39 is 23.0 Å². The molecule has 4 rings (SSSR count). The molecular formula is C21H13F3N2O3. The van der Waals surface area contributed by atoms with E-state index in [0.717, 1.165) is 12.1 Å². The van der Waals surface area contributed by atoms with Gasteiger partial charge in [-0.05, 0) is 48.0 Å². The summed E-state index contributed by atoms with van der Waals surface area (Å²) < 4.78 is 44.0. The topological polar surface area (TPSA) is 74.9 Å². The molecule has 1 heterocycles. The fourth-order valence-corrected chi connectivity index (χ4v) is 2.97. The lowest BCUT2D eigenvalue weighted by Gasteiger charge is -2.13. The minimum absolute atomic E-state index is 0.246. The first kappa shape index (κ1) is 18.5. The highest BCUT2D eigenvalue weighted by atomic mass is 19.4. The van der Waals surface area contributed by atoms with Gasteiger partial charge in [0.2, 0.25) is 0 Å². The number of hydrogen-bond donors (Lipinski definition) is 2. The number of ether oxygens (including phenoxy) is 1. The SMILES string of the molecule is O=c1[nH]c(=O)c2ccc(-c3ccccc3Oc3ccc(C(F)(F)F)cc3)cc2[nH]1. The largest absolute Gasteiger partial charge is 0.457 e. The van der Waals surface area contributed by atoms with Gasteiger partial charge in [-0.1, -0.05) is 24.3 Å². The van der Waals surface area contributed by atoms with Crippen LogP contribution in [0, 0.1) is 0 Å². The third-order valence-corrected chi connectivity index (χ3v) is 4.35. The van der Waals surface area contributed by atoms with E-state index in [9.17, 15) is 22.8 Å². The summed E-state index contributed by atoms with van der Waals surface area (Å²) >= 11 is 0. The predicted octanol–water partition coefficient (Wildman–Crippen LogP) is 4.69. The van der Waals surface area contributed by atoms with Gasteiger partial charge in [0.25, 0.3) is 5.56 Å². The van der Waals surface area contributed by atoms with Crippen molar-refractivity contribution < 1.29 is 17.9 Å². The van der Waals surface area contributed by atoms with E-state index in [2.05, 4.69) is 9.97 Å². The maximum Gasteiger partial charge on any atom is 0.416 e. The van der Waals surface area contributed by atoms with Crippen molar-refractivity contribution in [3.63, 3.8) is 0 Å². The summed E-state index contributed by atoms with van der Waals surface area (Å²) in [7, 11) is 0. The van der Waals surface area contributed by atoms with Gasteiger partial charge >= 0.3 is 11.9 Å². The number of hydrogen-bond acceptors (Lipinski definition) is 3. The Hall–Kier alpha value is -3.81. The molecule has 29 heavy (non-hydrogen) atoms. The Morgan fingerprint density at radius 2 is 1.55 bits per heavy atom. The standard InChI is InChI=1S/C21H13F3N2O3/c22-21(23,24)13-6-8-14(9-7-13)29-18-4-2-1-3-15(18)12-5-10-16-17(11-12)25-20(28)26-19(16)27/h1-11H,(H2,25,26,27,28). The molecule has 1 aromatic heterocycles. The quantitative estimate of drug-likeness (QED) is 0.526. The van der Waals surface area contributed by atoms with E-state index in [1.165, 1.54) is 12.1 Å². The first-order chi connectivity index (χ1) is 13.8. The molecule has 0 spiro atoms. The van der Waals surface area contributed by atoms with E-state index in [1.807, 2.05) is 0 Å². The molecule has 0 amide bonds. The summed E-state index contributed by atoms with van der Waals surface area (Å²) in [5.41, 5.74) is -0.197. The summed E-state index contributed by atoms with van der Waals surface area (Å²) in [5.74, 6) is 0.662. The molecule has 0 aliphatic carbocycles. The van der Waals surface area contributed by atoms with Crippen LogP contribution in [0.4, 0.5) is 13.2 Å². The van der Waals surface area contributed by atoms with Crippen molar-refractivity contribution in [2.75, 3.05) is 0 Å². The second-order valence-corrected chi connectivity index (χ2v) is 6.29. The highest BCUT2D eigenvalue weighted by molar-refractivity contribution is 5.84. The molecule has 0 saturated heterocycles. The van der Waals surface area contributed by atoms with Gasteiger partial charge in [-0.3, -0.25) is 9.78 Å². The Morgan fingerprint density at radius 3 is 2.28 bits per heavy atom. The summed E-state index contributed by atoms with van der Waals surface area (Å²) in [6, 6.07) is 16.3. The average molecular weight is 398 g/mol. The van der Waals surface area contributed by atoms with Gasteiger partial charge in [-0.15, -0.1) is 0 Å². The monoisotopic (exact) mass is 398 g/mol. The van der Waals surface area contributed by atoms with Crippen LogP contribution in [0.1, 0.15) is 5.56 Å². The van der Waals surface area contributed by atoms with E-state index in [-0.39, 0.29) is 5.75 Å². The zero-order valence-corrected chi connectivity index (χ0v) is 14.7. The molecule has 0 atom stereocenters. The molecule has 0 radical (unpaired) electrons. The van der Waals surface area contributed by atoms with Crippen LogP contribution in [0.3, 0.4) is 0 Å². The van der Waals surface area contributed by atoms with Crippen LogP contribution in [0.2, 0.25) is 0 Å². The molecule has 0 bridgehead atoms. The number of alkyl halides is 3. The zero-order chi connectivity index (χ0) is 20.6. The average Bonchev–Trinajstić information content (AvgIpc) is 2.67. The van der Waals surface area contributed by atoms with Gasteiger partial charge < -0.3 is 9.72 Å². The fourth-order valence-electron chi connectivity index (χ4n) is 2.97. The molecule has 146 valence electrons. The second-order valence-electron chi connectivity index (χ2n) is 6.29. The number of rotatable bonds is 3. The first-order valence-electron chi connectivity index (χ1n) is 8.52. The van der Waals surface area contributed by atoms with Crippen molar-refractivity contribution in [3.05, 3.63) is 93.1 Å². The minimum Gasteiger partial charge on any atom is -0.457 e. The summed E-state index contributed by atoms with van der Waals surface area (Å²) in [6.45, 7) is 0. The van der Waals surface area contributed by atoms with Gasteiger partial charge in [0.05, 0.1) is 16.5 Å². The lowest BCUT2D eigenvalue weighted by molar-refractivity contribution is -0.137. The van der Waals surface area contributed by atoms with Crippen LogP contribution >= 0.6 is 0 Å². The van der Waals surface area contributed by atoms with E-state index >= 15 is 0 Å². The fraction of sp³-hybridized carbons (Fsp3) is 0.0476. The van der Waals surface area contributed by atoms with Crippen molar-refractivity contribution in [2.45, 2.75) is 6.18 Å². The molecule has 3 aromatic carbocycles. The lowest BCUT2D eigenvalue weighted by Crippen LogP contribution is -2.21. The predicted molar refractivity (Wildman–Crippen MR) is 102 cm³/mol. The summed E-state index contributed by atoms with van der Waals surface area (Å²) in [4.78, 5) is 28.1. The van der Waals surface area contributed by atoms with Gasteiger partial charge in [0.15, 0.2) is 0 Å². The molecule has 0 fully saturated rings. The molecule has 8 heteroatoms. The minimum atomic E-state index is -4.42. The second kappa shape index (κ2) is 6.97. The summed E-state index contributed by atoms with van der Waals surface area (Å²) in [5, 5.41) is 0.328. The highest BCUT2D eigenvalue weighted by Gasteiger charge is 2.30. The maximum atomic E-state index is 12.7. The van der Waals surface area contributed by atoms with Crippen LogP contribution in [0.15, 0.2) is 76.3 Å². The molecule has 0 unspecified atom stereocenters. The number of nitrogens with one attached hydrogen (secondary N) is 2. The van der Waals surface area contributed by atoms with Crippen LogP contribution < -0.4 is 16.0 Å². The van der Waals surface area contributed by atoms with Crippen molar-refractivity contribution in [1.29, 1.82) is 0 Å². The maximum absolute atomic E-state index is 12.7. The number of H-pyrrole nitrogens is 2. The number of aromatic amines is 2. The number of fused-ring (bicyclic) bond motifs is 1. The van der Waals surface area contributed by atoms with Crippen LogP contribution in [-0.4, -0.2) is 9.97 Å². The number of aromatic nitrogens is 2. The van der Waals surface area contributed by atoms with Gasteiger partial charge in [-0.25, -0.2) is 4.79 Å². The Morgan fingerprint density at radius 1 is 0.828 bits per heavy atom. The Labute approximate surface area is 161 Å². The first-order valence-corrected chi connectivity index (χ1v) is 8.52. The molecule has 4 aromatic rings. The van der Waals surface area contributed by atoms with E-state index in [1.54, 1.807) is 42.5 Å². The molecule has 5 nitrogen and oxygen atoms in total. The number of para-hydroxylation sites is 1. The molecule has 0 aliphatic heterocycles. The third-order valence-electron chi connectivity index (χ3n) is 4.35. The number of benzene rings is 3. The molecule has 0 aliphatic rings. The van der Waals surface area contributed by atoms with Crippen molar-refractivity contribution in [2.24, 2.45) is 0 Å². The molecule has 0 saturated carbocycles. The van der Waals surface area contributed by atoms with Crippen molar-refractivity contribution in [3.8, 4) is 22.6 Å².